The molecule has 0 spiro atoms. The smallest absolute Gasteiger partial charge is 0.174 e. The lowest BCUT2D eigenvalue weighted by molar-refractivity contribution is 0.414. The van der Waals surface area contributed by atoms with Gasteiger partial charge < -0.3 is 4.74 Å². The minimum atomic E-state index is 0.357. The third kappa shape index (κ3) is 3.09. The summed E-state index contributed by atoms with van der Waals surface area (Å²) in [6, 6.07) is 8.21. The number of nitrogens with zero attached hydrogens (tertiary/aromatic N) is 2. The highest BCUT2D eigenvalue weighted by Crippen LogP contribution is 2.44. The topological polar surface area (TPSA) is 35.0 Å². The zero-order valence-corrected chi connectivity index (χ0v) is 12.6. The Hall–Kier alpha value is -1.07. The third-order valence-electron chi connectivity index (χ3n) is 3.19. The van der Waals surface area contributed by atoms with Crippen molar-refractivity contribution in [3.63, 3.8) is 0 Å². The van der Waals surface area contributed by atoms with Gasteiger partial charge in [0.25, 0.3) is 0 Å². The molecular formula is C14H16N2OS2. The summed E-state index contributed by atoms with van der Waals surface area (Å²) >= 11 is 3.52. The summed E-state index contributed by atoms with van der Waals surface area (Å²) in [4.78, 5) is 0. The Kier molecular flexibility index (Phi) is 3.75. The van der Waals surface area contributed by atoms with Gasteiger partial charge in [-0.05, 0) is 37.5 Å². The zero-order chi connectivity index (χ0) is 13.2. The molecule has 0 amide bonds. The highest BCUT2D eigenvalue weighted by Gasteiger charge is 2.27. The van der Waals surface area contributed by atoms with Crippen LogP contribution in [-0.2, 0) is 0 Å². The molecule has 1 aliphatic rings. The van der Waals surface area contributed by atoms with Gasteiger partial charge in [-0.2, -0.15) is 0 Å². The van der Waals surface area contributed by atoms with E-state index in [1.165, 1.54) is 23.4 Å². The molecule has 19 heavy (non-hydrogen) atoms. The first-order chi connectivity index (χ1) is 9.26. The van der Waals surface area contributed by atoms with Crippen LogP contribution in [0.1, 0.15) is 41.5 Å². The van der Waals surface area contributed by atoms with Gasteiger partial charge in [0, 0.05) is 11.2 Å². The maximum Gasteiger partial charge on any atom is 0.174 e. The van der Waals surface area contributed by atoms with E-state index in [1.807, 2.05) is 12.1 Å². The van der Waals surface area contributed by atoms with Crippen LogP contribution in [0.5, 0.6) is 5.75 Å². The molecule has 1 atom stereocenters. The van der Waals surface area contributed by atoms with Crippen LogP contribution in [0, 0.1) is 0 Å². The fourth-order valence-corrected chi connectivity index (χ4v) is 4.18. The van der Waals surface area contributed by atoms with Crippen molar-refractivity contribution >= 4 is 23.1 Å². The van der Waals surface area contributed by atoms with Crippen molar-refractivity contribution in [1.82, 2.24) is 10.2 Å². The molecule has 1 aromatic heterocycles. The minimum Gasteiger partial charge on any atom is -0.497 e. The van der Waals surface area contributed by atoms with Gasteiger partial charge in [-0.1, -0.05) is 35.2 Å². The predicted molar refractivity (Wildman–Crippen MR) is 79.2 cm³/mol. The monoisotopic (exact) mass is 292 g/mol. The third-order valence-corrected chi connectivity index (χ3v) is 5.52. The van der Waals surface area contributed by atoms with Crippen LogP contribution in [0.15, 0.2) is 28.6 Å². The zero-order valence-electron chi connectivity index (χ0n) is 11.0. The lowest BCUT2D eigenvalue weighted by Crippen LogP contribution is -1.90. The number of ether oxygens (including phenoxy) is 1. The number of hydrogen-bond donors (Lipinski definition) is 0. The number of rotatable bonds is 5. The second-order valence-electron chi connectivity index (χ2n) is 4.72. The Morgan fingerprint density at radius 3 is 2.95 bits per heavy atom. The van der Waals surface area contributed by atoms with Crippen molar-refractivity contribution in [1.29, 1.82) is 0 Å². The summed E-state index contributed by atoms with van der Waals surface area (Å²) in [5.41, 5.74) is 1.26. The molecule has 1 heterocycles. The minimum absolute atomic E-state index is 0.357. The summed E-state index contributed by atoms with van der Waals surface area (Å²) in [6.07, 6.45) is 2.56. The highest BCUT2D eigenvalue weighted by molar-refractivity contribution is 8.01. The molecule has 100 valence electrons. The van der Waals surface area contributed by atoms with E-state index in [-0.39, 0.29) is 0 Å². The lowest BCUT2D eigenvalue weighted by Gasteiger charge is -2.10. The molecule has 0 N–H and O–H groups in total. The van der Waals surface area contributed by atoms with Crippen molar-refractivity contribution in [2.45, 2.75) is 35.3 Å². The SMILES string of the molecule is COc1cccc([C@H](C)Sc2nnc(C3CC3)s2)c1. The summed E-state index contributed by atoms with van der Waals surface area (Å²) in [7, 11) is 1.70. The van der Waals surface area contributed by atoms with Gasteiger partial charge in [0.1, 0.15) is 10.8 Å². The first kappa shape index (κ1) is 12.9. The van der Waals surface area contributed by atoms with Crippen molar-refractivity contribution in [3.05, 3.63) is 34.8 Å². The standard InChI is InChI=1S/C14H16N2OS2/c1-9(11-4-3-5-12(8-11)17-2)18-14-16-15-13(19-14)10-6-7-10/h3-5,8-10H,6-7H2,1-2H3/t9-/m0/s1. The average Bonchev–Trinajstić information content (AvgIpc) is 3.19. The van der Waals surface area contributed by atoms with Gasteiger partial charge in [0.05, 0.1) is 7.11 Å². The largest absolute Gasteiger partial charge is 0.497 e. The Bertz CT molecular complexity index is 566. The molecule has 0 unspecified atom stereocenters. The molecule has 0 aliphatic heterocycles. The first-order valence-electron chi connectivity index (χ1n) is 6.40. The summed E-state index contributed by atoms with van der Waals surface area (Å²) < 4.78 is 6.33. The number of benzene rings is 1. The van der Waals surface area contributed by atoms with E-state index in [1.54, 1.807) is 30.2 Å². The van der Waals surface area contributed by atoms with Crippen LogP contribution >= 0.6 is 23.1 Å². The quantitative estimate of drug-likeness (QED) is 0.771. The van der Waals surface area contributed by atoms with Crippen LogP contribution < -0.4 is 4.74 Å². The molecule has 0 bridgehead atoms. The van der Waals surface area contributed by atoms with Gasteiger partial charge in [0.15, 0.2) is 4.34 Å². The number of aromatic nitrogens is 2. The van der Waals surface area contributed by atoms with Gasteiger partial charge in [-0.25, -0.2) is 0 Å². The van der Waals surface area contributed by atoms with E-state index in [2.05, 4.69) is 29.3 Å². The van der Waals surface area contributed by atoms with Crippen molar-refractivity contribution < 1.29 is 4.74 Å². The van der Waals surface area contributed by atoms with E-state index in [4.69, 9.17) is 4.74 Å². The van der Waals surface area contributed by atoms with Crippen molar-refractivity contribution in [2.24, 2.45) is 0 Å². The number of hydrogen-bond acceptors (Lipinski definition) is 5. The van der Waals surface area contributed by atoms with E-state index >= 15 is 0 Å². The van der Waals surface area contributed by atoms with E-state index in [0.717, 1.165) is 10.1 Å². The molecule has 3 nitrogen and oxygen atoms in total. The van der Waals surface area contributed by atoms with Crippen molar-refractivity contribution in [3.8, 4) is 5.75 Å². The lowest BCUT2D eigenvalue weighted by atomic mass is 10.1. The first-order valence-corrected chi connectivity index (χ1v) is 8.10. The fourth-order valence-electron chi connectivity index (χ4n) is 1.88. The molecule has 1 aromatic carbocycles. The molecule has 0 saturated heterocycles. The Labute approximate surface area is 121 Å². The normalized spacial score (nSPS) is 16.3. The Balaban J connectivity index is 1.70. The van der Waals surface area contributed by atoms with Crippen LogP contribution in [-0.4, -0.2) is 17.3 Å². The van der Waals surface area contributed by atoms with Gasteiger partial charge >= 0.3 is 0 Å². The predicted octanol–water partition coefficient (Wildman–Crippen LogP) is 4.28. The Morgan fingerprint density at radius 1 is 1.37 bits per heavy atom. The highest BCUT2D eigenvalue weighted by atomic mass is 32.2. The molecule has 1 fully saturated rings. The summed E-state index contributed by atoms with van der Waals surface area (Å²) in [6.45, 7) is 2.19. The summed E-state index contributed by atoms with van der Waals surface area (Å²) in [5.74, 6) is 1.60. The molecule has 1 saturated carbocycles. The second-order valence-corrected chi connectivity index (χ2v) is 7.31. The van der Waals surface area contributed by atoms with Crippen LogP contribution in [0.3, 0.4) is 0 Å². The molecule has 3 rings (SSSR count). The fraction of sp³-hybridized carbons (Fsp3) is 0.429. The van der Waals surface area contributed by atoms with Crippen molar-refractivity contribution in [2.75, 3.05) is 7.11 Å². The molecule has 2 aromatic rings. The Morgan fingerprint density at radius 2 is 2.21 bits per heavy atom. The molecule has 5 heteroatoms. The number of thioether (sulfide) groups is 1. The molecule has 1 aliphatic carbocycles. The van der Waals surface area contributed by atoms with Gasteiger partial charge in [-0.15, -0.1) is 10.2 Å². The van der Waals surface area contributed by atoms with Gasteiger partial charge in [0.2, 0.25) is 0 Å². The average molecular weight is 292 g/mol. The second kappa shape index (κ2) is 5.51. The van der Waals surface area contributed by atoms with E-state index in [0.29, 0.717) is 11.2 Å². The van der Waals surface area contributed by atoms with E-state index in [9.17, 15) is 0 Å². The van der Waals surface area contributed by atoms with Crippen LogP contribution in [0.25, 0.3) is 0 Å². The molecular weight excluding hydrogens is 276 g/mol. The maximum atomic E-state index is 5.26. The van der Waals surface area contributed by atoms with Gasteiger partial charge in [-0.3, -0.25) is 0 Å². The number of methoxy groups -OCH3 is 1. The van der Waals surface area contributed by atoms with E-state index < -0.39 is 0 Å². The van der Waals surface area contributed by atoms with Crippen LogP contribution in [0.2, 0.25) is 0 Å². The molecule has 0 radical (unpaired) electrons. The maximum absolute atomic E-state index is 5.26. The summed E-state index contributed by atoms with van der Waals surface area (Å²) in [5, 5.41) is 10.1. The van der Waals surface area contributed by atoms with Crippen LogP contribution in [0.4, 0.5) is 0 Å².